The Hall–Kier alpha value is -1.62. The third-order valence-electron chi connectivity index (χ3n) is 4.02. The van der Waals surface area contributed by atoms with Gasteiger partial charge in [-0.05, 0) is 30.9 Å². The van der Waals surface area contributed by atoms with E-state index in [1.807, 2.05) is 12.1 Å². The van der Waals surface area contributed by atoms with Gasteiger partial charge in [-0.3, -0.25) is 10.1 Å². The summed E-state index contributed by atoms with van der Waals surface area (Å²) in [6, 6.07) is 7.37. The topological polar surface area (TPSA) is 58.4 Å². The van der Waals surface area contributed by atoms with Crippen molar-refractivity contribution in [3.63, 3.8) is 0 Å². The van der Waals surface area contributed by atoms with Gasteiger partial charge < -0.3 is 5.01 Å². The van der Waals surface area contributed by atoms with E-state index in [0.29, 0.717) is 6.04 Å². The number of anilines is 1. The third kappa shape index (κ3) is 2.06. The minimum absolute atomic E-state index is 0.148. The van der Waals surface area contributed by atoms with Gasteiger partial charge >= 0.3 is 0 Å². The quantitative estimate of drug-likeness (QED) is 0.644. The maximum absolute atomic E-state index is 10.6. The van der Waals surface area contributed by atoms with Crippen LogP contribution in [-0.4, -0.2) is 17.5 Å². The Kier molecular flexibility index (Phi) is 2.91. The van der Waals surface area contributed by atoms with Crippen LogP contribution in [0.25, 0.3) is 0 Å². The molecular weight excluding hydrogens is 230 g/mol. The maximum atomic E-state index is 10.6. The lowest BCUT2D eigenvalue weighted by molar-refractivity contribution is -0.384. The molecule has 1 aromatic rings. The number of rotatable bonds is 2. The molecule has 5 heteroatoms. The number of benzene rings is 1. The van der Waals surface area contributed by atoms with Crippen LogP contribution in [0.15, 0.2) is 24.3 Å². The first kappa shape index (κ1) is 11.5. The molecule has 1 saturated carbocycles. The zero-order valence-corrected chi connectivity index (χ0v) is 10.2. The van der Waals surface area contributed by atoms with Crippen LogP contribution in [0.5, 0.6) is 0 Å². The Balaban J connectivity index is 1.73. The highest BCUT2D eigenvalue weighted by molar-refractivity contribution is 5.50. The number of nitrogens with one attached hydrogen (secondary N) is 1. The summed E-state index contributed by atoms with van der Waals surface area (Å²) in [5.74, 6) is 0.731. The van der Waals surface area contributed by atoms with E-state index in [9.17, 15) is 10.1 Å². The second-order valence-corrected chi connectivity index (χ2v) is 5.16. The predicted octanol–water partition coefficient (Wildman–Crippen LogP) is 2.48. The second kappa shape index (κ2) is 4.57. The van der Waals surface area contributed by atoms with Crippen LogP contribution in [0.4, 0.5) is 11.4 Å². The summed E-state index contributed by atoms with van der Waals surface area (Å²) in [4.78, 5) is 10.3. The van der Waals surface area contributed by atoms with Crippen LogP contribution in [0.3, 0.4) is 0 Å². The highest BCUT2D eigenvalue weighted by atomic mass is 16.6. The second-order valence-electron chi connectivity index (χ2n) is 5.16. The molecule has 1 aliphatic carbocycles. The molecule has 3 rings (SSSR count). The van der Waals surface area contributed by atoms with Crippen molar-refractivity contribution in [2.75, 3.05) is 11.6 Å². The van der Waals surface area contributed by atoms with Crippen LogP contribution >= 0.6 is 0 Å². The molecule has 1 N–H and O–H groups in total. The zero-order valence-electron chi connectivity index (χ0n) is 10.2. The van der Waals surface area contributed by atoms with E-state index in [1.54, 1.807) is 12.1 Å². The number of hydrogen-bond acceptors (Lipinski definition) is 4. The Bertz CT molecular complexity index is 432. The molecule has 0 bridgehead atoms. The molecule has 2 atom stereocenters. The van der Waals surface area contributed by atoms with Crippen molar-refractivity contribution in [2.24, 2.45) is 5.92 Å². The largest absolute Gasteiger partial charge is 0.308 e. The van der Waals surface area contributed by atoms with Gasteiger partial charge in [-0.25, -0.2) is 5.43 Å². The van der Waals surface area contributed by atoms with Gasteiger partial charge in [-0.1, -0.05) is 12.8 Å². The first-order valence-corrected chi connectivity index (χ1v) is 6.52. The highest BCUT2D eigenvalue weighted by Gasteiger charge is 2.34. The number of non-ortho nitro benzene ring substituents is 1. The average molecular weight is 247 g/mol. The van der Waals surface area contributed by atoms with E-state index in [-0.39, 0.29) is 10.6 Å². The summed E-state index contributed by atoms with van der Waals surface area (Å²) in [7, 11) is 0. The monoisotopic (exact) mass is 247 g/mol. The smallest absolute Gasteiger partial charge is 0.269 e. The Morgan fingerprint density at radius 1 is 1.22 bits per heavy atom. The van der Waals surface area contributed by atoms with Crippen LogP contribution in [0.1, 0.15) is 25.7 Å². The molecule has 1 heterocycles. The molecule has 0 radical (unpaired) electrons. The van der Waals surface area contributed by atoms with Gasteiger partial charge in [-0.2, -0.15) is 0 Å². The van der Waals surface area contributed by atoms with Crippen LogP contribution in [-0.2, 0) is 0 Å². The summed E-state index contributed by atoms with van der Waals surface area (Å²) in [5, 5.41) is 12.8. The van der Waals surface area contributed by atoms with E-state index >= 15 is 0 Å². The first-order chi connectivity index (χ1) is 8.74. The minimum atomic E-state index is -0.360. The molecule has 5 nitrogen and oxygen atoms in total. The molecule has 0 aromatic heterocycles. The minimum Gasteiger partial charge on any atom is -0.308 e. The molecule has 2 fully saturated rings. The van der Waals surface area contributed by atoms with Crippen LogP contribution in [0.2, 0.25) is 0 Å². The van der Waals surface area contributed by atoms with E-state index in [4.69, 9.17) is 0 Å². The molecule has 18 heavy (non-hydrogen) atoms. The van der Waals surface area contributed by atoms with Crippen molar-refractivity contribution in [1.82, 2.24) is 5.43 Å². The fourth-order valence-electron chi connectivity index (χ4n) is 3.02. The summed E-state index contributed by atoms with van der Waals surface area (Å²) in [6.45, 7) is 1.02. The number of hydrogen-bond donors (Lipinski definition) is 1. The summed E-state index contributed by atoms with van der Waals surface area (Å²) in [6.07, 6.45) is 5.18. The van der Waals surface area contributed by atoms with Crippen molar-refractivity contribution in [2.45, 2.75) is 31.7 Å². The fourth-order valence-corrected chi connectivity index (χ4v) is 3.02. The number of hydrazine groups is 1. The number of nitro benzene ring substituents is 1. The molecule has 1 aliphatic heterocycles. The summed E-state index contributed by atoms with van der Waals surface area (Å²) >= 11 is 0. The lowest BCUT2D eigenvalue weighted by Gasteiger charge is -2.22. The number of fused-ring (bicyclic) bond motifs is 1. The summed E-state index contributed by atoms with van der Waals surface area (Å²) < 4.78 is 0. The molecule has 0 unspecified atom stereocenters. The van der Waals surface area contributed by atoms with Gasteiger partial charge in [0.15, 0.2) is 0 Å². The number of nitrogens with zero attached hydrogens (tertiary/aromatic N) is 2. The molecular formula is C13H17N3O2. The van der Waals surface area contributed by atoms with Crippen molar-refractivity contribution in [3.8, 4) is 0 Å². The lowest BCUT2D eigenvalue weighted by atomic mass is 9.86. The first-order valence-electron chi connectivity index (χ1n) is 6.52. The third-order valence-corrected chi connectivity index (χ3v) is 4.02. The van der Waals surface area contributed by atoms with Gasteiger partial charge in [0, 0.05) is 24.7 Å². The molecule has 1 saturated heterocycles. The zero-order chi connectivity index (χ0) is 12.5. The fraction of sp³-hybridized carbons (Fsp3) is 0.538. The number of nitro groups is 1. The molecule has 96 valence electrons. The summed E-state index contributed by atoms with van der Waals surface area (Å²) in [5.41, 5.74) is 4.69. The van der Waals surface area contributed by atoms with Crippen molar-refractivity contribution in [1.29, 1.82) is 0 Å². The Morgan fingerprint density at radius 3 is 2.61 bits per heavy atom. The van der Waals surface area contributed by atoms with E-state index < -0.39 is 0 Å². The van der Waals surface area contributed by atoms with E-state index in [2.05, 4.69) is 10.4 Å². The lowest BCUT2D eigenvalue weighted by Crippen LogP contribution is -2.36. The predicted molar refractivity (Wildman–Crippen MR) is 69.3 cm³/mol. The normalized spacial score (nSPS) is 27.0. The van der Waals surface area contributed by atoms with Crippen molar-refractivity contribution in [3.05, 3.63) is 34.4 Å². The standard InChI is InChI=1S/C13H17N3O2/c17-16(18)12-7-5-11(6-8-12)15-9-10-3-1-2-4-13(10)14-15/h5-8,10,13-14H,1-4,9H2/t10-,13+/m1/s1. The van der Waals surface area contributed by atoms with E-state index in [0.717, 1.165) is 18.2 Å². The highest BCUT2D eigenvalue weighted by Crippen LogP contribution is 2.32. The maximum Gasteiger partial charge on any atom is 0.269 e. The van der Waals surface area contributed by atoms with E-state index in [1.165, 1.54) is 25.7 Å². The van der Waals surface area contributed by atoms with Gasteiger partial charge in [0.05, 0.1) is 10.6 Å². The van der Waals surface area contributed by atoms with Gasteiger partial charge in [0.1, 0.15) is 0 Å². The molecule has 0 amide bonds. The van der Waals surface area contributed by atoms with Gasteiger partial charge in [0.25, 0.3) is 5.69 Å². The SMILES string of the molecule is O=[N+]([O-])c1ccc(N2C[C@H]3CCCC[C@@H]3N2)cc1. The van der Waals surface area contributed by atoms with Gasteiger partial charge in [0.2, 0.25) is 0 Å². The molecule has 2 aliphatic rings. The average Bonchev–Trinajstić information content (AvgIpc) is 2.82. The van der Waals surface area contributed by atoms with Gasteiger partial charge in [-0.15, -0.1) is 0 Å². The van der Waals surface area contributed by atoms with Crippen molar-refractivity contribution < 1.29 is 4.92 Å². The molecule has 0 spiro atoms. The Labute approximate surface area is 106 Å². The molecule has 1 aromatic carbocycles. The Morgan fingerprint density at radius 2 is 1.94 bits per heavy atom. The van der Waals surface area contributed by atoms with Crippen LogP contribution in [0, 0.1) is 16.0 Å². The van der Waals surface area contributed by atoms with Crippen molar-refractivity contribution >= 4 is 11.4 Å². The van der Waals surface area contributed by atoms with Crippen LogP contribution < -0.4 is 10.4 Å².